The Labute approximate surface area is 154 Å². The van der Waals surface area contributed by atoms with Crippen LogP contribution in [0.4, 0.5) is 8.78 Å². The summed E-state index contributed by atoms with van der Waals surface area (Å²) in [6.07, 6.45) is 2.50. The summed E-state index contributed by atoms with van der Waals surface area (Å²) in [5.41, 5.74) is 1.56. The zero-order valence-electron chi connectivity index (χ0n) is 14.6. The number of rotatable bonds is 3. The Morgan fingerprint density at radius 2 is 2.00 bits per heavy atom. The Morgan fingerprint density at radius 3 is 2.74 bits per heavy atom. The molecular formula is C20H18F2N4O. The average Bonchev–Trinajstić information content (AvgIpc) is 3.07. The number of nitrogens with one attached hydrogen (secondary N) is 1. The molecular weight excluding hydrogens is 350 g/mol. The lowest BCUT2D eigenvalue weighted by atomic mass is 9.92. The van der Waals surface area contributed by atoms with Crippen molar-refractivity contribution in [2.45, 2.75) is 44.1 Å². The van der Waals surface area contributed by atoms with Crippen molar-refractivity contribution in [3.8, 4) is 6.07 Å². The monoisotopic (exact) mass is 368 g/mol. The van der Waals surface area contributed by atoms with Crippen LogP contribution in [0.25, 0.3) is 11.0 Å². The van der Waals surface area contributed by atoms with Crippen molar-refractivity contribution in [1.82, 2.24) is 14.5 Å². The molecule has 5 nitrogen and oxygen atoms in total. The Bertz CT molecular complexity index is 1080. The molecule has 0 aliphatic heterocycles. The summed E-state index contributed by atoms with van der Waals surface area (Å²) in [5.74, 6) is -2.15. The first-order valence-electron chi connectivity index (χ1n) is 8.92. The van der Waals surface area contributed by atoms with Gasteiger partial charge >= 0.3 is 0 Å². The minimum Gasteiger partial charge on any atom is -0.329 e. The van der Waals surface area contributed by atoms with Crippen LogP contribution in [-0.4, -0.2) is 20.5 Å². The number of benzene rings is 1. The van der Waals surface area contributed by atoms with Gasteiger partial charge in [-0.2, -0.15) is 5.26 Å². The van der Waals surface area contributed by atoms with Crippen LogP contribution in [0, 0.1) is 11.3 Å². The normalized spacial score (nSPS) is 17.1. The minimum atomic E-state index is -2.60. The van der Waals surface area contributed by atoms with Gasteiger partial charge in [0.05, 0.1) is 17.0 Å². The number of hydrogen-bond donors (Lipinski definition) is 1. The van der Waals surface area contributed by atoms with E-state index in [1.165, 1.54) is 0 Å². The Kier molecular flexibility index (Phi) is 4.27. The molecule has 0 spiro atoms. The molecule has 27 heavy (non-hydrogen) atoms. The van der Waals surface area contributed by atoms with Gasteiger partial charge in [0.2, 0.25) is 5.92 Å². The number of halogens is 2. The number of nitrogens with zero attached hydrogens (tertiary/aromatic N) is 3. The molecule has 3 aromatic rings. The van der Waals surface area contributed by atoms with Gasteiger partial charge < -0.3 is 9.55 Å². The van der Waals surface area contributed by atoms with Gasteiger partial charge in [-0.1, -0.05) is 18.2 Å². The predicted octanol–water partition coefficient (Wildman–Crippen LogP) is 3.94. The third-order valence-corrected chi connectivity index (χ3v) is 5.21. The lowest BCUT2D eigenvalue weighted by Gasteiger charge is -2.29. The molecule has 0 bridgehead atoms. The fraction of sp³-hybridized carbons (Fsp3) is 0.350. The standard InChI is InChI=1S/C20H18F2N4O/c21-20(22)8-5-15(6-9-20)26-10-7-16-18(26)24-17(25-19(16)27)11-13-3-1-2-4-14(13)12-23/h1-4,7,10,15H,5-6,8-9,11H2,(H,24,25,27). The highest BCUT2D eigenvalue weighted by Crippen LogP contribution is 2.39. The van der Waals surface area contributed by atoms with Gasteiger partial charge in [0.1, 0.15) is 11.5 Å². The largest absolute Gasteiger partial charge is 0.329 e. The van der Waals surface area contributed by atoms with Gasteiger partial charge in [0.15, 0.2) is 0 Å². The second-order valence-corrected chi connectivity index (χ2v) is 7.01. The first-order chi connectivity index (χ1) is 13.0. The van der Waals surface area contributed by atoms with Gasteiger partial charge in [-0.05, 0) is 30.5 Å². The fourth-order valence-corrected chi connectivity index (χ4v) is 3.73. The predicted molar refractivity (Wildman–Crippen MR) is 96.8 cm³/mol. The fourth-order valence-electron chi connectivity index (χ4n) is 3.73. The number of nitriles is 1. The minimum absolute atomic E-state index is 0.0873. The van der Waals surface area contributed by atoms with Crippen LogP contribution in [0.15, 0.2) is 41.3 Å². The van der Waals surface area contributed by atoms with Crippen molar-refractivity contribution in [2.24, 2.45) is 0 Å². The van der Waals surface area contributed by atoms with Crippen molar-refractivity contribution >= 4 is 11.0 Å². The highest BCUT2D eigenvalue weighted by molar-refractivity contribution is 5.75. The highest BCUT2D eigenvalue weighted by Gasteiger charge is 2.35. The van der Waals surface area contributed by atoms with E-state index in [4.69, 9.17) is 0 Å². The average molecular weight is 368 g/mol. The van der Waals surface area contributed by atoms with Crippen LogP contribution in [-0.2, 0) is 6.42 Å². The molecule has 0 saturated heterocycles. The number of fused-ring (bicyclic) bond motifs is 1. The second-order valence-electron chi connectivity index (χ2n) is 7.01. The van der Waals surface area contributed by atoms with Gasteiger partial charge in [-0.25, -0.2) is 13.8 Å². The van der Waals surface area contributed by atoms with Crippen molar-refractivity contribution in [2.75, 3.05) is 0 Å². The van der Waals surface area contributed by atoms with Crippen LogP contribution in [0.3, 0.4) is 0 Å². The maximum atomic E-state index is 13.5. The van der Waals surface area contributed by atoms with E-state index in [-0.39, 0.29) is 24.4 Å². The molecule has 138 valence electrons. The van der Waals surface area contributed by atoms with Crippen LogP contribution < -0.4 is 5.56 Å². The molecule has 0 amide bonds. The van der Waals surface area contributed by atoms with E-state index in [1.807, 2.05) is 16.7 Å². The highest BCUT2D eigenvalue weighted by atomic mass is 19.3. The van der Waals surface area contributed by atoms with Crippen LogP contribution in [0.5, 0.6) is 0 Å². The molecule has 0 radical (unpaired) electrons. The molecule has 1 aliphatic carbocycles. The van der Waals surface area contributed by atoms with E-state index in [0.29, 0.717) is 41.7 Å². The topological polar surface area (TPSA) is 74.5 Å². The Hall–Kier alpha value is -3.01. The molecule has 1 N–H and O–H groups in total. The lowest BCUT2D eigenvalue weighted by Crippen LogP contribution is -2.26. The van der Waals surface area contributed by atoms with Gasteiger partial charge in [-0.3, -0.25) is 4.79 Å². The summed E-state index contributed by atoms with van der Waals surface area (Å²) in [6.45, 7) is 0. The van der Waals surface area contributed by atoms with E-state index in [0.717, 1.165) is 5.56 Å². The quantitative estimate of drug-likeness (QED) is 0.761. The summed E-state index contributed by atoms with van der Waals surface area (Å²) in [4.78, 5) is 19.8. The zero-order chi connectivity index (χ0) is 19.0. The number of hydrogen-bond acceptors (Lipinski definition) is 3. The Morgan fingerprint density at radius 1 is 1.26 bits per heavy atom. The summed E-state index contributed by atoms with van der Waals surface area (Å²) in [7, 11) is 0. The molecule has 4 rings (SSSR count). The molecule has 0 atom stereocenters. The Balaban J connectivity index is 1.70. The molecule has 1 aromatic carbocycles. The van der Waals surface area contributed by atoms with Crippen LogP contribution in [0.2, 0.25) is 0 Å². The van der Waals surface area contributed by atoms with Crippen LogP contribution >= 0.6 is 0 Å². The number of aromatic nitrogens is 3. The molecule has 2 aromatic heterocycles. The SMILES string of the molecule is N#Cc1ccccc1Cc1nc2c(ccn2C2CCC(F)(F)CC2)c(=O)[nH]1. The van der Waals surface area contributed by atoms with Gasteiger partial charge in [-0.15, -0.1) is 0 Å². The molecule has 1 aliphatic rings. The van der Waals surface area contributed by atoms with Crippen LogP contribution in [0.1, 0.15) is 48.7 Å². The smallest absolute Gasteiger partial charge is 0.260 e. The lowest BCUT2D eigenvalue weighted by molar-refractivity contribution is -0.0436. The summed E-state index contributed by atoms with van der Waals surface area (Å²) < 4.78 is 28.8. The third-order valence-electron chi connectivity index (χ3n) is 5.21. The van der Waals surface area contributed by atoms with E-state index in [9.17, 15) is 18.8 Å². The second kappa shape index (κ2) is 6.62. The maximum absolute atomic E-state index is 13.5. The van der Waals surface area contributed by atoms with Gasteiger partial charge in [0.25, 0.3) is 5.56 Å². The molecule has 1 fully saturated rings. The van der Waals surface area contributed by atoms with Gasteiger partial charge in [0, 0.05) is 31.5 Å². The van der Waals surface area contributed by atoms with E-state index in [1.54, 1.807) is 24.4 Å². The molecule has 7 heteroatoms. The first kappa shape index (κ1) is 17.4. The van der Waals surface area contributed by atoms with E-state index in [2.05, 4.69) is 16.0 Å². The number of alkyl halides is 2. The molecule has 2 heterocycles. The maximum Gasteiger partial charge on any atom is 0.260 e. The summed E-state index contributed by atoms with van der Waals surface area (Å²) >= 11 is 0. The summed E-state index contributed by atoms with van der Waals surface area (Å²) in [6, 6.07) is 10.9. The number of H-pyrrole nitrogens is 1. The first-order valence-corrected chi connectivity index (χ1v) is 8.92. The van der Waals surface area contributed by atoms with Crippen molar-refractivity contribution in [1.29, 1.82) is 5.26 Å². The molecule has 1 saturated carbocycles. The summed E-state index contributed by atoms with van der Waals surface area (Å²) in [5, 5.41) is 9.69. The van der Waals surface area contributed by atoms with E-state index < -0.39 is 5.92 Å². The number of aromatic amines is 1. The van der Waals surface area contributed by atoms with Crippen molar-refractivity contribution < 1.29 is 8.78 Å². The van der Waals surface area contributed by atoms with Crippen molar-refractivity contribution in [3.63, 3.8) is 0 Å². The molecule has 0 unspecified atom stereocenters. The van der Waals surface area contributed by atoms with E-state index >= 15 is 0 Å². The van der Waals surface area contributed by atoms with Crippen molar-refractivity contribution in [3.05, 3.63) is 63.8 Å². The third kappa shape index (κ3) is 3.35. The zero-order valence-corrected chi connectivity index (χ0v) is 14.6.